The molecule has 0 saturated heterocycles. The third-order valence-electron chi connectivity index (χ3n) is 9.40. The van der Waals surface area contributed by atoms with E-state index < -0.39 is 0 Å². The van der Waals surface area contributed by atoms with Crippen molar-refractivity contribution in [2.75, 3.05) is 0 Å². The summed E-state index contributed by atoms with van der Waals surface area (Å²) in [4.78, 5) is 10.5. The van der Waals surface area contributed by atoms with Gasteiger partial charge in [0, 0.05) is 16.5 Å². The standard InChI is InChI=1S/C41H28N2/c1-41(2)35-24-30(18-20-33(35)34-22-26-10-3-4-11-27(26)23-36(34)41)40-39(42-37-13-7-8-14-38(37)43-40)29-17-19-32-28(21-29)16-15-25-9-5-6-12-31(25)32/h3-24H,1-2H3. The van der Waals surface area contributed by atoms with Gasteiger partial charge in [-0.25, -0.2) is 9.97 Å². The van der Waals surface area contributed by atoms with Gasteiger partial charge in [-0.3, -0.25) is 0 Å². The summed E-state index contributed by atoms with van der Waals surface area (Å²) in [6.45, 7) is 4.69. The highest BCUT2D eigenvalue weighted by atomic mass is 14.8. The van der Waals surface area contributed by atoms with Crippen molar-refractivity contribution in [2.45, 2.75) is 19.3 Å². The molecule has 0 saturated carbocycles. The number of nitrogens with zero attached hydrogens (tertiary/aromatic N) is 2. The van der Waals surface area contributed by atoms with Crippen LogP contribution in [0.25, 0.3) is 77.0 Å². The fourth-order valence-corrected chi connectivity index (χ4v) is 7.13. The minimum atomic E-state index is -0.126. The van der Waals surface area contributed by atoms with E-state index in [1.54, 1.807) is 0 Å². The third kappa shape index (κ3) is 3.60. The van der Waals surface area contributed by atoms with Crippen LogP contribution in [0.5, 0.6) is 0 Å². The minimum Gasteiger partial charge on any atom is -0.244 e. The molecule has 1 aliphatic carbocycles. The van der Waals surface area contributed by atoms with Crippen molar-refractivity contribution in [2.24, 2.45) is 0 Å². The van der Waals surface area contributed by atoms with Crippen LogP contribution in [0.3, 0.4) is 0 Å². The molecule has 43 heavy (non-hydrogen) atoms. The Labute approximate surface area is 250 Å². The van der Waals surface area contributed by atoms with Crippen LogP contribution in [0.2, 0.25) is 0 Å². The zero-order valence-corrected chi connectivity index (χ0v) is 24.1. The fourth-order valence-electron chi connectivity index (χ4n) is 7.13. The topological polar surface area (TPSA) is 25.8 Å². The lowest BCUT2D eigenvalue weighted by atomic mass is 9.81. The highest BCUT2D eigenvalue weighted by Gasteiger charge is 2.36. The first-order chi connectivity index (χ1) is 21.0. The molecule has 7 aromatic carbocycles. The lowest BCUT2D eigenvalue weighted by Crippen LogP contribution is -2.15. The summed E-state index contributed by atoms with van der Waals surface area (Å²) < 4.78 is 0. The molecule has 1 aromatic heterocycles. The van der Waals surface area contributed by atoms with Crippen molar-refractivity contribution in [3.63, 3.8) is 0 Å². The van der Waals surface area contributed by atoms with E-state index in [1.807, 2.05) is 12.1 Å². The van der Waals surface area contributed by atoms with Crippen molar-refractivity contribution in [1.29, 1.82) is 0 Å². The molecule has 9 rings (SSSR count). The zero-order valence-electron chi connectivity index (χ0n) is 24.1. The van der Waals surface area contributed by atoms with Crippen LogP contribution in [-0.2, 0) is 5.41 Å². The van der Waals surface area contributed by atoms with E-state index in [0.29, 0.717) is 0 Å². The largest absolute Gasteiger partial charge is 0.244 e. The van der Waals surface area contributed by atoms with Crippen molar-refractivity contribution >= 4 is 43.4 Å². The summed E-state index contributed by atoms with van der Waals surface area (Å²) in [5.41, 5.74) is 11.0. The van der Waals surface area contributed by atoms with Gasteiger partial charge in [-0.05, 0) is 91.0 Å². The molecule has 0 aliphatic heterocycles. The van der Waals surface area contributed by atoms with Gasteiger partial charge in [-0.15, -0.1) is 0 Å². The number of benzene rings is 7. The maximum Gasteiger partial charge on any atom is 0.0973 e. The Balaban J connectivity index is 1.26. The maximum absolute atomic E-state index is 5.26. The monoisotopic (exact) mass is 548 g/mol. The highest BCUT2D eigenvalue weighted by Crippen LogP contribution is 2.51. The molecule has 0 atom stereocenters. The van der Waals surface area contributed by atoms with Gasteiger partial charge in [0.25, 0.3) is 0 Å². The Bertz CT molecular complexity index is 2430. The molecule has 1 heterocycles. The van der Waals surface area contributed by atoms with Gasteiger partial charge < -0.3 is 0 Å². The smallest absolute Gasteiger partial charge is 0.0973 e. The predicted molar refractivity (Wildman–Crippen MR) is 180 cm³/mol. The molecule has 2 heteroatoms. The Kier molecular flexibility index (Phi) is 4.99. The van der Waals surface area contributed by atoms with Gasteiger partial charge in [0.1, 0.15) is 0 Å². The van der Waals surface area contributed by atoms with Crippen LogP contribution in [0.15, 0.2) is 133 Å². The first-order valence-corrected chi connectivity index (χ1v) is 14.9. The number of fused-ring (bicyclic) bond motifs is 8. The van der Waals surface area contributed by atoms with E-state index in [1.165, 1.54) is 54.6 Å². The quantitative estimate of drug-likeness (QED) is 0.201. The number of hydrogen-bond acceptors (Lipinski definition) is 2. The van der Waals surface area contributed by atoms with E-state index >= 15 is 0 Å². The van der Waals surface area contributed by atoms with Crippen LogP contribution in [0.4, 0.5) is 0 Å². The summed E-state index contributed by atoms with van der Waals surface area (Å²) in [6, 6.07) is 48.2. The van der Waals surface area contributed by atoms with E-state index in [4.69, 9.17) is 9.97 Å². The highest BCUT2D eigenvalue weighted by molar-refractivity contribution is 6.08. The predicted octanol–water partition coefficient (Wildman–Crippen LogP) is 10.7. The van der Waals surface area contributed by atoms with Crippen LogP contribution < -0.4 is 0 Å². The lowest BCUT2D eigenvalue weighted by molar-refractivity contribution is 0.661. The molecular formula is C41H28N2. The summed E-state index contributed by atoms with van der Waals surface area (Å²) in [7, 11) is 0. The second kappa shape index (κ2) is 8.83. The average molecular weight is 549 g/mol. The van der Waals surface area contributed by atoms with Crippen LogP contribution in [-0.4, -0.2) is 9.97 Å². The summed E-state index contributed by atoms with van der Waals surface area (Å²) in [5.74, 6) is 0. The molecule has 0 fully saturated rings. The van der Waals surface area contributed by atoms with Crippen LogP contribution >= 0.6 is 0 Å². The Hall–Kier alpha value is -5.34. The molecule has 0 radical (unpaired) electrons. The molecule has 0 spiro atoms. The zero-order chi connectivity index (χ0) is 28.7. The second-order valence-electron chi connectivity index (χ2n) is 12.3. The Morgan fingerprint density at radius 3 is 1.74 bits per heavy atom. The molecule has 8 aromatic rings. The fraction of sp³-hybridized carbons (Fsp3) is 0.0732. The van der Waals surface area contributed by atoms with Crippen molar-refractivity contribution in [3.8, 4) is 33.6 Å². The number of hydrogen-bond donors (Lipinski definition) is 0. The van der Waals surface area contributed by atoms with Gasteiger partial charge in [0.05, 0.1) is 22.4 Å². The summed E-state index contributed by atoms with van der Waals surface area (Å²) in [6.07, 6.45) is 0. The van der Waals surface area contributed by atoms with E-state index in [2.05, 4.69) is 135 Å². The van der Waals surface area contributed by atoms with Crippen LogP contribution in [0, 0.1) is 0 Å². The second-order valence-corrected chi connectivity index (χ2v) is 12.3. The number of para-hydroxylation sites is 2. The number of rotatable bonds is 2. The molecule has 0 bridgehead atoms. The normalized spacial score (nSPS) is 13.5. The Morgan fingerprint density at radius 1 is 0.419 bits per heavy atom. The van der Waals surface area contributed by atoms with Gasteiger partial charge in [-0.2, -0.15) is 0 Å². The first-order valence-electron chi connectivity index (χ1n) is 14.9. The lowest BCUT2D eigenvalue weighted by Gasteiger charge is -2.22. The van der Waals surface area contributed by atoms with Gasteiger partial charge >= 0.3 is 0 Å². The van der Waals surface area contributed by atoms with Crippen molar-refractivity contribution in [1.82, 2.24) is 9.97 Å². The van der Waals surface area contributed by atoms with E-state index in [-0.39, 0.29) is 5.41 Å². The average Bonchev–Trinajstić information content (AvgIpc) is 3.27. The summed E-state index contributed by atoms with van der Waals surface area (Å²) in [5, 5.41) is 7.54. The molecule has 2 nitrogen and oxygen atoms in total. The molecule has 1 aliphatic rings. The van der Waals surface area contributed by atoms with Crippen molar-refractivity contribution in [3.05, 3.63) is 145 Å². The number of aromatic nitrogens is 2. The first kappa shape index (κ1) is 24.3. The molecule has 0 N–H and O–H groups in total. The minimum absolute atomic E-state index is 0.126. The van der Waals surface area contributed by atoms with Gasteiger partial charge in [0.15, 0.2) is 0 Å². The maximum atomic E-state index is 5.26. The summed E-state index contributed by atoms with van der Waals surface area (Å²) >= 11 is 0. The van der Waals surface area contributed by atoms with E-state index in [9.17, 15) is 0 Å². The van der Waals surface area contributed by atoms with Crippen molar-refractivity contribution < 1.29 is 0 Å². The van der Waals surface area contributed by atoms with Crippen LogP contribution in [0.1, 0.15) is 25.0 Å². The van der Waals surface area contributed by atoms with Gasteiger partial charge in [-0.1, -0.05) is 111 Å². The third-order valence-corrected chi connectivity index (χ3v) is 9.40. The SMILES string of the molecule is CC1(C)c2cc(-c3nc4ccccc4nc3-c3ccc4c(ccc5ccccc54)c3)ccc2-c2cc3ccccc3cc21. The molecular weight excluding hydrogens is 520 g/mol. The molecule has 0 amide bonds. The van der Waals surface area contributed by atoms with E-state index in [0.717, 1.165) is 33.5 Å². The Morgan fingerprint density at radius 2 is 0.977 bits per heavy atom. The molecule has 0 unspecified atom stereocenters. The van der Waals surface area contributed by atoms with Gasteiger partial charge in [0.2, 0.25) is 0 Å². The molecule has 202 valence electrons.